The number of hydrogen-bond donors (Lipinski definition) is 3. The van der Waals surface area contributed by atoms with Crippen molar-refractivity contribution in [2.24, 2.45) is 0 Å². The normalized spacial score (nSPS) is 18.7. The summed E-state index contributed by atoms with van der Waals surface area (Å²) in [6.07, 6.45) is 0.465. The summed E-state index contributed by atoms with van der Waals surface area (Å²) in [6.45, 7) is 2.00. The zero-order valence-electron chi connectivity index (χ0n) is 14.2. The van der Waals surface area contributed by atoms with Crippen LogP contribution in [-0.2, 0) is 5.54 Å². The third-order valence-electron chi connectivity index (χ3n) is 4.26. The quantitative estimate of drug-likeness (QED) is 0.791. The SMILES string of the molecule is COc1ccc(C)nc1NC(=O)N[C@]1(CO)CCOc2ccccc21. The number of aliphatic hydroxyl groups excluding tert-OH is 1. The van der Waals surface area contributed by atoms with Crippen LogP contribution in [0.2, 0.25) is 0 Å². The highest BCUT2D eigenvalue weighted by atomic mass is 16.5. The molecule has 0 saturated carbocycles. The van der Waals surface area contributed by atoms with Crippen LogP contribution in [0, 0.1) is 6.92 Å². The zero-order valence-corrected chi connectivity index (χ0v) is 14.2. The van der Waals surface area contributed by atoms with E-state index in [2.05, 4.69) is 15.6 Å². The van der Waals surface area contributed by atoms with Crippen molar-refractivity contribution in [3.63, 3.8) is 0 Å². The van der Waals surface area contributed by atoms with Crippen LogP contribution in [0.25, 0.3) is 0 Å². The molecule has 1 aliphatic rings. The number of amides is 2. The molecule has 7 nitrogen and oxygen atoms in total. The summed E-state index contributed by atoms with van der Waals surface area (Å²) >= 11 is 0. The number of benzene rings is 1. The number of anilines is 1. The fraction of sp³-hybridized carbons (Fsp3) is 0.333. The topological polar surface area (TPSA) is 92.7 Å². The summed E-state index contributed by atoms with van der Waals surface area (Å²) in [5.74, 6) is 1.45. The number of nitrogens with one attached hydrogen (secondary N) is 2. The van der Waals surface area contributed by atoms with Crippen molar-refractivity contribution in [1.82, 2.24) is 10.3 Å². The Kier molecular flexibility index (Phi) is 4.76. The Morgan fingerprint density at radius 1 is 1.36 bits per heavy atom. The molecular formula is C18H21N3O4. The van der Waals surface area contributed by atoms with Gasteiger partial charge in [0.15, 0.2) is 11.6 Å². The third-order valence-corrected chi connectivity index (χ3v) is 4.26. The Labute approximate surface area is 146 Å². The molecular weight excluding hydrogens is 322 g/mol. The molecule has 1 aliphatic heterocycles. The molecule has 0 fully saturated rings. The number of aryl methyl sites for hydroxylation is 1. The van der Waals surface area contributed by atoms with Gasteiger partial charge in [-0.15, -0.1) is 0 Å². The van der Waals surface area contributed by atoms with E-state index in [1.807, 2.05) is 31.2 Å². The fourth-order valence-corrected chi connectivity index (χ4v) is 2.95. The zero-order chi connectivity index (χ0) is 17.9. The van der Waals surface area contributed by atoms with Crippen LogP contribution in [-0.4, -0.2) is 36.4 Å². The first-order valence-electron chi connectivity index (χ1n) is 8.02. The van der Waals surface area contributed by atoms with Gasteiger partial charge in [0.25, 0.3) is 0 Å². The molecule has 25 heavy (non-hydrogen) atoms. The van der Waals surface area contributed by atoms with Crippen molar-refractivity contribution in [2.75, 3.05) is 25.6 Å². The number of aliphatic hydroxyl groups is 1. The van der Waals surface area contributed by atoms with Gasteiger partial charge >= 0.3 is 6.03 Å². The van der Waals surface area contributed by atoms with Gasteiger partial charge in [-0.2, -0.15) is 0 Å². The molecule has 1 aromatic carbocycles. The van der Waals surface area contributed by atoms with Gasteiger partial charge in [-0.25, -0.2) is 9.78 Å². The van der Waals surface area contributed by atoms with Crippen molar-refractivity contribution < 1.29 is 19.4 Å². The minimum absolute atomic E-state index is 0.237. The van der Waals surface area contributed by atoms with Crippen molar-refractivity contribution in [1.29, 1.82) is 0 Å². The molecule has 2 aromatic rings. The van der Waals surface area contributed by atoms with Crippen molar-refractivity contribution in [3.8, 4) is 11.5 Å². The van der Waals surface area contributed by atoms with Gasteiger partial charge < -0.3 is 19.9 Å². The lowest BCUT2D eigenvalue weighted by Crippen LogP contribution is -2.52. The van der Waals surface area contributed by atoms with Gasteiger partial charge in [0.05, 0.1) is 25.9 Å². The Balaban J connectivity index is 1.84. The molecule has 0 radical (unpaired) electrons. The largest absolute Gasteiger partial charge is 0.493 e. The fourth-order valence-electron chi connectivity index (χ4n) is 2.95. The smallest absolute Gasteiger partial charge is 0.321 e. The molecule has 2 amide bonds. The minimum atomic E-state index is -0.907. The van der Waals surface area contributed by atoms with Crippen molar-refractivity contribution >= 4 is 11.8 Å². The lowest BCUT2D eigenvalue weighted by atomic mass is 9.85. The molecule has 0 spiro atoms. The highest BCUT2D eigenvalue weighted by Crippen LogP contribution is 2.36. The number of para-hydroxylation sites is 1. The molecule has 2 heterocycles. The molecule has 0 unspecified atom stereocenters. The van der Waals surface area contributed by atoms with E-state index in [0.717, 1.165) is 11.3 Å². The standard InChI is InChI=1S/C18H21N3O4/c1-12-7-8-15(24-2)16(19-12)20-17(23)21-18(11-22)9-10-25-14-6-4-3-5-13(14)18/h3-8,22H,9-11H2,1-2H3,(H2,19,20,21,23)/t18-/m0/s1. The summed E-state index contributed by atoms with van der Waals surface area (Å²) in [5, 5.41) is 15.6. The Morgan fingerprint density at radius 3 is 2.92 bits per heavy atom. The number of urea groups is 1. The summed E-state index contributed by atoms with van der Waals surface area (Å²) in [6, 6.07) is 10.4. The molecule has 0 aliphatic carbocycles. The van der Waals surface area contributed by atoms with E-state index in [0.29, 0.717) is 30.3 Å². The van der Waals surface area contributed by atoms with Crippen LogP contribution in [0.15, 0.2) is 36.4 Å². The first-order chi connectivity index (χ1) is 12.1. The summed E-state index contributed by atoms with van der Waals surface area (Å²) in [4.78, 5) is 16.9. The maximum Gasteiger partial charge on any atom is 0.321 e. The molecule has 0 bridgehead atoms. The third kappa shape index (κ3) is 3.36. The van der Waals surface area contributed by atoms with Crippen LogP contribution in [0.5, 0.6) is 11.5 Å². The van der Waals surface area contributed by atoms with Crippen molar-refractivity contribution in [2.45, 2.75) is 18.9 Å². The van der Waals surface area contributed by atoms with Crippen molar-refractivity contribution in [3.05, 3.63) is 47.7 Å². The molecule has 132 valence electrons. The molecule has 3 rings (SSSR count). The number of carbonyl (C=O) groups excluding carboxylic acids is 1. The van der Waals surface area contributed by atoms with Crippen LogP contribution in [0.3, 0.4) is 0 Å². The highest BCUT2D eigenvalue weighted by Gasteiger charge is 2.38. The van der Waals surface area contributed by atoms with Gasteiger partial charge in [-0.05, 0) is 25.1 Å². The number of ether oxygens (including phenoxy) is 2. The predicted octanol–water partition coefficient (Wildman–Crippen LogP) is 2.19. The summed E-state index contributed by atoms with van der Waals surface area (Å²) in [7, 11) is 1.51. The summed E-state index contributed by atoms with van der Waals surface area (Å²) in [5.41, 5.74) is 0.600. The molecule has 3 N–H and O–H groups in total. The van der Waals surface area contributed by atoms with E-state index >= 15 is 0 Å². The first-order valence-corrected chi connectivity index (χ1v) is 8.02. The second kappa shape index (κ2) is 6.98. The lowest BCUT2D eigenvalue weighted by molar-refractivity contribution is 0.115. The number of fused-ring (bicyclic) bond motifs is 1. The van der Waals surface area contributed by atoms with Gasteiger partial charge in [0, 0.05) is 17.7 Å². The molecule has 7 heteroatoms. The second-order valence-electron chi connectivity index (χ2n) is 5.92. The van der Waals surface area contributed by atoms with E-state index in [4.69, 9.17) is 9.47 Å². The number of pyridine rings is 1. The Hall–Kier alpha value is -2.80. The molecule has 1 aromatic heterocycles. The van der Waals surface area contributed by atoms with Crippen LogP contribution >= 0.6 is 0 Å². The predicted molar refractivity (Wildman–Crippen MR) is 93.0 cm³/mol. The van der Waals surface area contributed by atoms with Gasteiger partial charge in [-0.1, -0.05) is 18.2 Å². The average Bonchev–Trinajstić information content (AvgIpc) is 2.62. The average molecular weight is 343 g/mol. The maximum atomic E-state index is 12.6. The lowest BCUT2D eigenvalue weighted by Gasteiger charge is -2.38. The van der Waals surface area contributed by atoms with E-state index in [1.165, 1.54) is 7.11 Å². The number of rotatable bonds is 4. The van der Waals surface area contributed by atoms with Crippen LogP contribution in [0.4, 0.5) is 10.6 Å². The maximum absolute atomic E-state index is 12.6. The number of nitrogens with zero attached hydrogens (tertiary/aromatic N) is 1. The second-order valence-corrected chi connectivity index (χ2v) is 5.92. The van der Waals surface area contributed by atoms with E-state index in [1.54, 1.807) is 12.1 Å². The number of hydrogen-bond acceptors (Lipinski definition) is 5. The number of methoxy groups -OCH3 is 1. The molecule has 0 saturated heterocycles. The van der Waals surface area contributed by atoms with Gasteiger partial charge in [0.1, 0.15) is 5.75 Å². The van der Waals surface area contributed by atoms with Gasteiger partial charge in [0.2, 0.25) is 0 Å². The Bertz CT molecular complexity index is 781. The van der Waals surface area contributed by atoms with E-state index < -0.39 is 11.6 Å². The number of carbonyl (C=O) groups is 1. The van der Waals surface area contributed by atoms with Crippen LogP contribution < -0.4 is 20.1 Å². The van der Waals surface area contributed by atoms with E-state index in [9.17, 15) is 9.90 Å². The van der Waals surface area contributed by atoms with E-state index in [-0.39, 0.29) is 6.61 Å². The Morgan fingerprint density at radius 2 is 2.16 bits per heavy atom. The molecule has 1 atom stereocenters. The van der Waals surface area contributed by atoms with Gasteiger partial charge in [-0.3, -0.25) is 5.32 Å². The number of aromatic nitrogens is 1. The van der Waals surface area contributed by atoms with Crippen LogP contribution in [0.1, 0.15) is 17.7 Å². The summed E-state index contributed by atoms with van der Waals surface area (Å²) < 4.78 is 10.8. The monoisotopic (exact) mass is 343 g/mol. The minimum Gasteiger partial charge on any atom is -0.493 e. The first kappa shape index (κ1) is 17.0. The highest BCUT2D eigenvalue weighted by molar-refractivity contribution is 5.90.